The summed E-state index contributed by atoms with van der Waals surface area (Å²) < 4.78 is 13.4. The summed E-state index contributed by atoms with van der Waals surface area (Å²) in [5, 5.41) is 0. The number of nitrogens with zero attached hydrogens (tertiary/aromatic N) is 1. The van der Waals surface area contributed by atoms with Gasteiger partial charge in [0.1, 0.15) is 5.82 Å². The van der Waals surface area contributed by atoms with Gasteiger partial charge in [0.05, 0.1) is 11.9 Å². The Bertz CT molecular complexity index is 347. The zero-order valence-corrected chi connectivity index (χ0v) is 9.20. The van der Waals surface area contributed by atoms with Crippen LogP contribution in [-0.2, 0) is 0 Å². The molecule has 15 heavy (non-hydrogen) atoms. The number of benzene rings is 1. The van der Waals surface area contributed by atoms with Crippen LogP contribution in [0.3, 0.4) is 0 Å². The molecule has 0 saturated heterocycles. The average molecular weight is 208 g/mol. The van der Waals surface area contributed by atoms with E-state index in [1.54, 1.807) is 18.2 Å². The van der Waals surface area contributed by atoms with Crippen LogP contribution in [-0.4, -0.2) is 5.84 Å². The molecule has 1 aromatic rings. The zero-order valence-electron chi connectivity index (χ0n) is 9.20. The Labute approximate surface area is 90.0 Å². The Morgan fingerprint density at radius 3 is 2.73 bits per heavy atom. The lowest BCUT2D eigenvalue weighted by molar-refractivity contribution is 0.594. The van der Waals surface area contributed by atoms with Crippen LogP contribution in [0.1, 0.15) is 38.3 Å². The minimum absolute atomic E-state index is 0.210. The highest BCUT2D eigenvalue weighted by atomic mass is 19.1. The molecule has 1 aromatic carbocycles. The highest BCUT2D eigenvalue weighted by Gasteiger charge is 2.08. The number of amidine groups is 1. The van der Waals surface area contributed by atoms with Crippen LogP contribution in [0, 0.1) is 5.82 Å². The maximum absolute atomic E-state index is 13.4. The van der Waals surface area contributed by atoms with Crippen molar-refractivity contribution in [2.24, 2.45) is 10.7 Å². The normalized spacial score (nSPS) is 13.9. The van der Waals surface area contributed by atoms with Gasteiger partial charge in [0.2, 0.25) is 0 Å². The molecule has 0 saturated carbocycles. The van der Waals surface area contributed by atoms with E-state index < -0.39 is 0 Å². The summed E-state index contributed by atoms with van der Waals surface area (Å²) in [5.41, 5.74) is 6.29. The van der Waals surface area contributed by atoms with Crippen LogP contribution >= 0.6 is 0 Å². The van der Waals surface area contributed by atoms with E-state index >= 15 is 0 Å². The fourth-order valence-corrected chi connectivity index (χ4v) is 1.45. The average Bonchev–Trinajstić information content (AvgIpc) is 2.18. The minimum atomic E-state index is -0.224. The molecule has 0 amide bonds. The van der Waals surface area contributed by atoms with Crippen molar-refractivity contribution >= 4 is 5.84 Å². The van der Waals surface area contributed by atoms with Crippen LogP contribution in [0.5, 0.6) is 0 Å². The maximum atomic E-state index is 13.4. The van der Waals surface area contributed by atoms with E-state index in [2.05, 4.69) is 4.99 Å². The van der Waals surface area contributed by atoms with Gasteiger partial charge in [0, 0.05) is 12.0 Å². The van der Waals surface area contributed by atoms with Gasteiger partial charge < -0.3 is 5.73 Å². The van der Waals surface area contributed by atoms with Crippen LogP contribution in [0.25, 0.3) is 0 Å². The molecule has 2 nitrogen and oxygen atoms in total. The maximum Gasteiger partial charge on any atom is 0.128 e. The van der Waals surface area contributed by atoms with Crippen molar-refractivity contribution in [3.63, 3.8) is 0 Å². The number of nitrogens with two attached hydrogens (primary N) is 1. The molecule has 0 heterocycles. The first-order valence-corrected chi connectivity index (χ1v) is 5.21. The molecule has 1 atom stereocenters. The standard InChI is InChI=1S/C12H17FN2/c1-3-6-12(14)15-9(2)10-7-4-5-8-11(10)13/h4-5,7-9H,3,6H2,1-2H3,(H2,14,15). The van der Waals surface area contributed by atoms with Gasteiger partial charge in [0.25, 0.3) is 0 Å². The van der Waals surface area contributed by atoms with E-state index in [-0.39, 0.29) is 11.9 Å². The van der Waals surface area contributed by atoms with Crippen molar-refractivity contribution in [3.8, 4) is 0 Å². The molecule has 0 spiro atoms. The minimum Gasteiger partial charge on any atom is -0.387 e. The first kappa shape index (κ1) is 11.7. The Hall–Kier alpha value is -1.38. The van der Waals surface area contributed by atoms with Crippen LogP contribution in [0.2, 0.25) is 0 Å². The number of hydrogen-bond acceptors (Lipinski definition) is 1. The Kier molecular flexibility index (Phi) is 4.28. The quantitative estimate of drug-likeness (QED) is 0.599. The lowest BCUT2D eigenvalue weighted by Crippen LogP contribution is -2.12. The van der Waals surface area contributed by atoms with Gasteiger partial charge in [-0.2, -0.15) is 0 Å². The van der Waals surface area contributed by atoms with Gasteiger partial charge in [-0.1, -0.05) is 25.1 Å². The van der Waals surface area contributed by atoms with Gasteiger partial charge in [-0.25, -0.2) is 4.39 Å². The molecule has 3 heteroatoms. The van der Waals surface area contributed by atoms with Gasteiger partial charge in [-0.15, -0.1) is 0 Å². The Morgan fingerprint density at radius 1 is 1.47 bits per heavy atom. The fourth-order valence-electron chi connectivity index (χ4n) is 1.45. The summed E-state index contributed by atoms with van der Waals surface area (Å²) in [4.78, 5) is 4.25. The molecule has 0 fully saturated rings. The van der Waals surface area contributed by atoms with Gasteiger partial charge in [0.15, 0.2) is 0 Å². The van der Waals surface area contributed by atoms with Crippen LogP contribution in [0.4, 0.5) is 4.39 Å². The summed E-state index contributed by atoms with van der Waals surface area (Å²) in [6.45, 7) is 3.89. The van der Waals surface area contributed by atoms with E-state index in [4.69, 9.17) is 5.73 Å². The summed E-state index contributed by atoms with van der Waals surface area (Å²) >= 11 is 0. The monoisotopic (exact) mass is 208 g/mol. The third kappa shape index (κ3) is 3.35. The molecule has 0 aromatic heterocycles. The predicted octanol–water partition coefficient (Wildman–Crippen LogP) is 3.04. The molecule has 0 bridgehead atoms. The summed E-state index contributed by atoms with van der Waals surface area (Å²) in [7, 11) is 0. The first-order valence-electron chi connectivity index (χ1n) is 5.21. The Balaban J connectivity index is 2.81. The summed E-state index contributed by atoms with van der Waals surface area (Å²) in [6.07, 6.45) is 1.72. The second kappa shape index (κ2) is 5.49. The molecule has 82 valence electrons. The van der Waals surface area contributed by atoms with E-state index in [9.17, 15) is 4.39 Å². The molecule has 0 radical (unpaired) electrons. The second-order valence-electron chi connectivity index (χ2n) is 3.57. The Morgan fingerprint density at radius 2 is 2.13 bits per heavy atom. The lowest BCUT2D eigenvalue weighted by atomic mass is 10.1. The third-order valence-corrected chi connectivity index (χ3v) is 2.22. The largest absolute Gasteiger partial charge is 0.387 e. The number of aliphatic imine (C=N–C) groups is 1. The van der Waals surface area contributed by atoms with E-state index in [0.717, 1.165) is 12.8 Å². The molecule has 1 unspecified atom stereocenters. The van der Waals surface area contributed by atoms with E-state index in [0.29, 0.717) is 11.4 Å². The molecule has 0 aliphatic heterocycles. The second-order valence-corrected chi connectivity index (χ2v) is 3.57. The van der Waals surface area contributed by atoms with Crippen molar-refractivity contribution in [1.82, 2.24) is 0 Å². The smallest absolute Gasteiger partial charge is 0.128 e. The van der Waals surface area contributed by atoms with E-state index in [1.165, 1.54) is 6.07 Å². The zero-order chi connectivity index (χ0) is 11.3. The fraction of sp³-hybridized carbons (Fsp3) is 0.417. The van der Waals surface area contributed by atoms with Crippen molar-refractivity contribution in [3.05, 3.63) is 35.6 Å². The first-order chi connectivity index (χ1) is 7.15. The van der Waals surface area contributed by atoms with Crippen molar-refractivity contribution in [2.45, 2.75) is 32.7 Å². The highest BCUT2D eigenvalue weighted by molar-refractivity contribution is 5.80. The molecular weight excluding hydrogens is 191 g/mol. The van der Waals surface area contributed by atoms with Crippen molar-refractivity contribution in [1.29, 1.82) is 0 Å². The van der Waals surface area contributed by atoms with Crippen molar-refractivity contribution in [2.75, 3.05) is 0 Å². The molecule has 0 aliphatic rings. The van der Waals surface area contributed by atoms with Gasteiger partial charge >= 0.3 is 0 Å². The summed E-state index contributed by atoms with van der Waals surface area (Å²) in [5.74, 6) is 0.367. The molecule has 2 N–H and O–H groups in total. The SMILES string of the molecule is CCCC(N)=NC(C)c1ccccc1F. The molecule has 1 rings (SSSR count). The van der Waals surface area contributed by atoms with Gasteiger partial charge in [-0.05, 0) is 19.4 Å². The number of hydrogen-bond donors (Lipinski definition) is 1. The molecule has 0 aliphatic carbocycles. The number of halogens is 1. The highest BCUT2D eigenvalue weighted by Crippen LogP contribution is 2.19. The predicted molar refractivity (Wildman–Crippen MR) is 61.3 cm³/mol. The topological polar surface area (TPSA) is 38.4 Å². The van der Waals surface area contributed by atoms with Crippen molar-refractivity contribution < 1.29 is 4.39 Å². The van der Waals surface area contributed by atoms with Gasteiger partial charge in [-0.3, -0.25) is 4.99 Å². The van der Waals surface area contributed by atoms with Crippen LogP contribution < -0.4 is 5.73 Å². The third-order valence-electron chi connectivity index (χ3n) is 2.22. The number of rotatable bonds is 4. The van der Waals surface area contributed by atoms with E-state index in [1.807, 2.05) is 13.8 Å². The van der Waals surface area contributed by atoms with Crippen LogP contribution in [0.15, 0.2) is 29.3 Å². The lowest BCUT2D eigenvalue weighted by Gasteiger charge is -2.09. The molecular formula is C12H17FN2. The summed E-state index contributed by atoms with van der Waals surface area (Å²) in [6, 6.07) is 6.45.